The van der Waals surface area contributed by atoms with E-state index in [0.29, 0.717) is 12.5 Å². The second kappa shape index (κ2) is 7.14. The molecule has 0 heterocycles. The van der Waals surface area contributed by atoms with Gasteiger partial charge in [-0.15, -0.1) is 0 Å². The van der Waals surface area contributed by atoms with Crippen molar-refractivity contribution < 1.29 is 9.90 Å². The third-order valence-corrected chi connectivity index (χ3v) is 4.26. The van der Waals surface area contributed by atoms with E-state index in [0.717, 1.165) is 12.0 Å². The maximum Gasteiger partial charge on any atom is 0.317 e. The number of nitrogens with one attached hydrogen (secondary N) is 1. The summed E-state index contributed by atoms with van der Waals surface area (Å²) in [6.07, 6.45) is 4.82. The minimum atomic E-state index is -0.887. The topological polar surface area (TPSA) is 52.6 Å². The predicted molar refractivity (Wildman–Crippen MR) is 88.6 cm³/mol. The first-order valence-electron chi connectivity index (χ1n) is 8.14. The summed E-state index contributed by atoms with van der Waals surface area (Å²) in [5.74, 6) is 0.713. The second-order valence-corrected chi connectivity index (χ2v) is 7.11. The number of likely N-dealkylation sites (N-methyl/N-ethyl adjacent to an activating group) is 1. The highest BCUT2D eigenvalue weighted by atomic mass is 16.3. The van der Waals surface area contributed by atoms with Crippen LogP contribution in [0.2, 0.25) is 0 Å². The summed E-state index contributed by atoms with van der Waals surface area (Å²) in [4.78, 5) is 13.9. The van der Waals surface area contributed by atoms with Crippen molar-refractivity contribution in [2.75, 3.05) is 13.6 Å². The highest BCUT2D eigenvalue weighted by Gasteiger charge is 2.26. The molecule has 4 nitrogen and oxygen atoms in total. The zero-order valence-electron chi connectivity index (χ0n) is 13.9. The number of aliphatic hydroxyl groups is 1. The highest BCUT2D eigenvalue weighted by molar-refractivity contribution is 5.74. The molecule has 0 aliphatic heterocycles. The van der Waals surface area contributed by atoms with Crippen LogP contribution in [-0.4, -0.2) is 35.2 Å². The molecule has 0 aromatic heterocycles. The molecule has 4 heteroatoms. The molecular weight excluding hydrogens is 276 g/mol. The lowest BCUT2D eigenvalue weighted by molar-refractivity contribution is 0.0525. The van der Waals surface area contributed by atoms with Crippen molar-refractivity contribution in [1.82, 2.24) is 10.2 Å². The Kier molecular flexibility index (Phi) is 5.46. The Morgan fingerprint density at radius 1 is 1.36 bits per heavy atom. The maximum atomic E-state index is 12.4. The van der Waals surface area contributed by atoms with Crippen LogP contribution in [0.4, 0.5) is 4.79 Å². The lowest BCUT2D eigenvalue weighted by atomic mass is 9.79. The van der Waals surface area contributed by atoms with Crippen LogP contribution in [0.1, 0.15) is 51.1 Å². The van der Waals surface area contributed by atoms with Crippen molar-refractivity contribution >= 4 is 6.03 Å². The highest BCUT2D eigenvalue weighted by Crippen LogP contribution is 2.34. The van der Waals surface area contributed by atoms with Gasteiger partial charge in [0.2, 0.25) is 0 Å². The zero-order chi connectivity index (χ0) is 16.2. The number of hydrogen-bond acceptors (Lipinski definition) is 2. The molecule has 0 radical (unpaired) electrons. The van der Waals surface area contributed by atoms with E-state index in [1.807, 2.05) is 18.2 Å². The molecule has 0 saturated heterocycles. The van der Waals surface area contributed by atoms with E-state index in [1.165, 1.54) is 19.3 Å². The number of amides is 2. The molecule has 1 aliphatic carbocycles. The smallest absolute Gasteiger partial charge is 0.317 e. The molecule has 1 atom stereocenters. The van der Waals surface area contributed by atoms with Crippen LogP contribution in [0.3, 0.4) is 0 Å². The van der Waals surface area contributed by atoms with Gasteiger partial charge in [0.15, 0.2) is 0 Å². The lowest BCUT2D eigenvalue weighted by Crippen LogP contribution is -2.46. The summed E-state index contributed by atoms with van der Waals surface area (Å²) >= 11 is 0. The lowest BCUT2D eigenvalue weighted by Gasteiger charge is -2.32. The number of rotatable bonds is 6. The summed E-state index contributed by atoms with van der Waals surface area (Å²) in [5.41, 5.74) is 0.266. The Bertz CT molecular complexity index is 478. The van der Waals surface area contributed by atoms with Gasteiger partial charge in [0.25, 0.3) is 0 Å². The van der Waals surface area contributed by atoms with Gasteiger partial charge >= 0.3 is 6.03 Å². The Hall–Kier alpha value is -1.55. The van der Waals surface area contributed by atoms with Crippen LogP contribution in [0.5, 0.6) is 0 Å². The quantitative estimate of drug-likeness (QED) is 0.847. The maximum absolute atomic E-state index is 12.4. The molecule has 0 bridgehead atoms. The number of benzene rings is 1. The Morgan fingerprint density at radius 2 is 2.00 bits per heavy atom. The molecule has 2 N–H and O–H groups in total. The molecule has 0 spiro atoms. The van der Waals surface area contributed by atoms with E-state index in [1.54, 1.807) is 25.8 Å². The molecule has 122 valence electrons. The van der Waals surface area contributed by atoms with Crippen molar-refractivity contribution in [1.29, 1.82) is 0 Å². The van der Waals surface area contributed by atoms with E-state index in [9.17, 15) is 9.90 Å². The Morgan fingerprint density at radius 3 is 2.50 bits per heavy atom. The number of hydrogen-bond donors (Lipinski definition) is 2. The van der Waals surface area contributed by atoms with Gasteiger partial charge in [-0.1, -0.05) is 49.6 Å². The van der Waals surface area contributed by atoms with E-state index < -0.39 is 5.60 Å². The van der Waals surface area contributed by atoms with Crippen LogP contribution < -0.4 is 5.32 Å². The average Bonchev–Trinajstić information content (AvgIpc) is 2.40. The van der Waals surface area contributed by atoms with E-state index in [2.05, 4.69) is 17.4 Å². The first-order chi connectivity index (χ1) is 10.3. The standard InChI is InChI=1S/C18H28N2O2/c1-18(2,22)13-20(3)17(21)19-16(12-14-8-7-9-14)15-10-5-4-6-11-15/h4-6,10-11,14,16,22H,7-9,12-13H2,1-3H3,(H,19,21). The molecule has 1 aliphatic rings. The summed E-state index contributed by atoms with van der Waals surface area (Å²) < 4.78 is 0. The van der Waals surface area contributed by atoms with Crippen LogP contribution in [0.25, 0.3) is 0 Å². The fourth-order valence-corrected chi connectivity index (χ4v) is 2.94. The Balaban J connectivity index is 2.00. The van der Waals surface area contributed by atoms with Gasteiger partial charge in [0, 0.05) is 7.05 Å². The molecule has 1 unspecified atom stereocenters. The molecular formula is C18H28N2O2. The van der Waals surface area contributed by atoms with Gasteiger partial charge in [-0.05, 0) is 31.7 Å². The Labute approximate surface area is 133 Å². The molecule has 1 fully saturated rings. The number of nitrogens with zero attached hydrogens (tertiary/aromatic N) is 1. The summed E-state index contributed by atoms with van der Waals surface area (Å²) in [7, 11) is 1.72. The van der Waals surface area contributed by atoms with Gasteiger partial charge < -0.3 is 15.3 Å². The van der Waals surface area contributed by atoms with Crippen molar-refractivity contribution in [2.24, 2.45) is 5.92 Å². The van der Waals surface area contributed by atoms with Crippen molar-refractivity contribution in [3.8, 4) is 0 Å². The largest absolute Gasteiger partial charge is 0.389 e. The molecule has 2 rings (SSSR count). The van der Waals surface area contributed by atoms with E-state index in [4.69, 9.17) is 0 Å². The number of urea groups is 1. The van der Waals surface area contributed by atoms with Crippen molar-refractivity contribution in [3.63, 3.8) is 0 Å². The minimum Gasteiger partial charge on any atom is -0.389 e. The molecule has 1 aromatic rings. The second-order valence-electron chi connectivity index (χ2n) is 7.11. The molecule has 1 saturated carbocycles. The van der Waals surface area contributed by atoms with Crippen LogP contribution in [0.15, 0.2) is 30.3 Å². The number of carbonyl (C=O) groups excluding carboxylic acids is 1. The fraction of sp³-hybridized carbons (Fsp3) is 0.611. The number of carbonyl (C=O) groups is 1. The normalized spacial score (nSPS) is 16.7. The average molecular weight is 304 g/mol. The van der Waals surface area contributed by atoms with Gasteiger partial charge in [-0.3, -0.25) is 0 Å². The van der Waals surface area contributed by atoms with Crippen LogP contribution in [0, 0.1) is 5.92 Å². The van der Waals surface area contributed by atoms with E-state index >= 15 is 0 Å². The van der Waals surface area contributed by atoms with Gasteiger partial charge in [-0.2, -0.15) is 0 Å². The third-order valence-electron chi connectivity index (χ3n) is 4.26. The first-order valence-corrected chi connectivity index (χ1v) is 8.14. The van der Waals surface area contributed by atoms with Gasteiger partial charge in [0.1, 0.15) is 0 Å². The van der Waals surface area contributed by atoms with Gasteiger partial charge in [0.05, 0.1) is 18.2 Å². The summed E-state index contributed by atoms with van der Waals surface area (Å²) in [6, 6.07) is 10.1. The summed E-state index contributed by atoms with van der Waals surface area (Å²) in [6.45, 7) is 3.73. The van der Waals surface area contributed by atoms with Gasteiger partial charge in [-0.25, -0.2) is 4.79 Å². The molecule has 1 aromatic carbocycles. The molecule has 2 amide bonds. The van der Waals surface area contributed by atoms with E-state index in [-0.39, 0.29) is 12.1 Å². The van der Waals surface area contributed by atoms with Crippen molar-refractivity contribution in [2.45, 2.75) is 51.2 Å². The minimum absolute atomic E-state index is 0.0447. The molecule has 22 heavy (non-hydrogen) atoms. The monoisotopic (exact) mass is 304 g/mol. The van der Waals surface area contributed by atoms with Crippen LogP contribution >= 0.6 is 0 Å². The third kappa shape index (κ3) is 5.02. The predicted octanol–water partition coefficient (Wildman–Crippen LogP) is 3.33. The SMILES string of the molecule is CN(CC(C)(C)O)C(=O)NC(CC1CCC1)c1ccccc1. The van der Waals surface area contributed by atoms with Crippen LogP contribution in [-0.2, 0) is 0 Å². The van der Waals surface area contributed by atoms with Crippen molar-refractivity contribution in [3.05, 3.63) is 35.9 Å². The zero-order valence-corrected chi connectivity index (χ0v) is 13.9. The fourth-order valence-electron chi connectivity index (χ4n) is 2.94. The summed E-state index contributed by atoms with van der Waals surface area (Å²) in [5, 5.41) is 13.0. The first kappa shape index (κ1) is 16.8.